The average Bonchev–Trinajstić information content (AvgIpc) is 3.29. The zero-order chi connectivity index (χ0) is 24.7. The molecule has 7 nitrogen and oxygen atoms in total. The van der Waals surface area contributed by atoms with Crippen LogP contribution in [0.15, 0.2) is 48.5 Å². The summed E-state index contributed by atoms with van der Waals surface area (Å²) in [6.07, 6.45) is 2.56. The van der Waals surface area contributed by atoms with Crippen LogP contribution in [0.1, 0.15) is 25.3 Å². The van der Waals surface area contributed by atoms with Crippen LogP contribution in [0, 0.1) is 5.82 Å². The van der Waals surface area contributed by atoms with Crippen molar-refractivity contribution in [1.29, 1.82) is 0 Å². The van der Waals surface area contributed by atoms with Crippen molar-refractivity contribution in [3.8, 4) is 11.5 Å². The lowest BCUT2D eigenvalue weighted by molar-refractivity contribution is -0.132. The number of rotatable bonds is 9. The van der Waals surface area contributed by atoms with E-state index in [2.05, 4.69) is 9.80 Å². The Balaban J connectivity index is 1.34. The predicted molar refractivity (Wildman–Crippen MR) is 132 cm³/mol. The van der Waals surface area contributed by atoms with Gasteiger partial charge < -0.3 is 19.5 Å². The summed E-state index contributed by atoms with van der Waals surface area (Å²) in [6, 6.07) is 13.8. The van der Waals surface area contributed by atoms with Crippen molar-refractivity contribution in [1.82, 2.24) is 14.7 Å². The van der Waals surface area contributed by atoms with Crippen LogP contribution >= 0.6 is 0 Å². The van der Waals surface area contributed by atoms with E-state index < -0.39 is 5.60 Å². The quantitative estimate of drug-likeness (QED) is 0.589. The van der Waals surface area contributed by atoms with Crippen LogP contribution in [-0.4, -0.2) is 90.3 Å². The van der Waals surface area contributed by atoms with E-state index in [9.17, 15) is 14.3 Å². The Hall–Kier alpha value is -2.68. The van der Waals surface area contributed by atoms with Gasteiger partial charge in [-0.25, -0.2) is 4.39 Å². The lowest BCUT2D eigenvalue weighted by Gasteiger charge is -2.32. The van der Waals surface area contributed by atoms with Crippen molar-refractivity contribution in [2.24, 2.45) is 0 Å². The molecule has 2 heterocycles. The molecule has 8 heteroatoms. The fourth-order valence-electron chi connectivity index (χ4n) is 4.73. The zero-order valence-electron chi connectivity index (χ0n) is 20.5. The molecule has 4 rings (SSSR count). The number of likely N-dealkylation sites (tertiary alicyclic amines) is 1. The Morgan fingerprint density at radius 2 is 1.57 bits per heavy atom. The first kappa shape index (κ1) is 25.4. The molecule has 2 aromatic rings. The molecule has 0 unspecified atom stereocenters. The minimum Gasteiger partial charge on any atom is -0.492 e. The van der Waals surface area contributed by atoms with Gasteiger partial charge in [0.2, 0.25) is 5.91 Å². The van der Waals surface area contributed by atoms with Crippen molar-refractivity contribution >= 4 is 5.91 Å². The summed E-state index contributed by atoms with van der Waals surface area (Å²) >= 11 is 0. The van der Waals surface area contributed by atoms with Gasteiger partial charge >= 0.3 is 0 Å². The third-order valence-corrected chi connectivity index (χ3v) is 6.66. The van der Waals surface area contributed by atoms with Crippen LogP contribution < -0.4 is 9.47 Å². The normalized spacial score (nSPS) is 21.6. The molecule has 0 aliphatic carbocycles. The number of β-amino-alcohol motifs (C(OH)–C–C–N with tert-alkyl or cyclic N) is 1. The van der Waals surface area contributed by atoms with Crippen molar-refractivity contribution in [2.75, 3.05) is 59.0 Å². The second kappa shape index (κ2) is 11.8. The van der Waals surface area contributed by atoms with Gasteiger partial charge in [0.1, 0.15) is 36.1 Å². The Bertz CT molecular complexity index is 950. The van der Waals surface area contributed by atoms with E-state index in [-0.39, 0.29) is 24.9 Å². The van der Waals surface area contributed by atoms with Crippen LogP contribution in [0.3, 0.4) is 0 Å². The van der Waals surface area contributed by atoms with Crippen molar-refractivity contribution < 1.29 is 23.8 Å². The first-order valence-electron chi connectivity index (χ1n) is 12.4. The summed E-state index contributed by atoms with van der Waals surface area (Å²) in [4.78, 5) is 18.3. The fraction of sp³-hybridized carbons (Fsp3) is 0.519. The summed E-state index contributed by atoms with van der Waals surface area (Å²) in [7, 11) is 0. The summed E-state index contributed by atoms with van der Waals surface area (Å²) in [5, 5.41) is 11.4. The summed E-state index contributed by atoms with van der Waals surface area (Å²) < 4.78 is 24.9. The van der Waals surface area contributed by atoms with Gasteiger partial charge in [-0.05, 0) is 67.9 Å². The number of carbonyl (C=O) groups excluding carboxylic acids is 1. The van der Waals surface area contributed by atoms with Gasteiger partial charge in [-0.2, -0.15) is 0 Å². The minimum atomic E-state index is -1.25. The topological polar surface area (TPSA) is 65.5 Å². The van der Waals surface area contributed by atoms with Crippen LogP contribution in [0.25, 0.3) is 0 Å². The molecule has 1 N–H and O–H groups in total. The van der Waals surface area contributed by atoms with E-state index in [1.807, 2.05) is 24.3 Å². The Kier molecular flexibility index (Phi) is 8.59. The molecule has 0 saturated carbocycles. The van der Waals surface area contributed by atoms with Gasteiger partial charge in [0, 0.05) is 39.6 Å². The zero-order valence-corrected chi connectivity index (χ0v) is 20.5. The smallest absolute Gasteiger partial charge is 0.219 e. The van der Waals surface area contributed by atoms with E-state index >= 15 is 0 Å². The molecule has 0 bridgehead atoms. The number of hydrogen-bond acceptors (Lipinski definition) is 6. The minimum absolute atomic E-state index is 0.00269. The van der Waals surface area contributed by atoms with E-state index in [0.29, 0.717) is 38.5 Å². The Labute approximate surface area is 207 Å². The van der Waals surface area contributed by atoms with Crippen molar-refractivity contribution in [3.05, 3.63) is 59.9 Å². The van der Waals surface area contributed by atoms with Crippen LogP contribution in [0.2, 0.25) is 0 Å². The van der Waals surface area contributed by atoms with E-state index in [1.165, 1.54) is 57.1 Å². The molecule has 1 atom stereocenters. The number of carbonyl (C=O) groups is 1. The van der Waals surface area contributed by atoms with Crippen LogP contribution in [0.5, 0.6) is 11.5 Å². The van der Waals surface area contributed by atoms with Crippen molar-refractivity contribution in [2.45, 2.75) is 31.9 Å². The maximum absolute atomic E-state index is 13.2. The molecule has 0 spiro atoms. The van der Waals surface area contributed by atoms with Gasteiger partial charge in [-0.15, -0.1) is 0 Å². The Morgan fingerprint density at radius 1 is 0.914 bits per heavy atom. The molecular weight excluding hydrogens is 449 g/mol. The largest absolute Gasteiger partial charge is 0.492 e. The number of nitrogens with zero attached hydrogens (tertiary/aromatic N) is 3. The van der Waals surface area contributed by atoms with E-state index in [1.54, 1.807) is 4.90 Å². The van der Waals surface area contributed by atoms with Gasteiger partial charge in [0.25, 0.3) is 0 Å². The molecule has 2 aromatic carbocycles. The second-order valence-corrected chi connectivity index (χ2v) is 9.66. The molecule has 2 fully saturated rings. The molecule has 190 valence electrons. The molecular formula is C27H36FN3O4. The second-order valence-electron chi connectivity index (χ2n) is 9.66. The lowest BCUT2D eigenvalue weighted by atomic mass is 10.0. The highest BCUT2D eigenvalue weighted by molar-refractivity contribution is 5.73. The highest BCUT2D eigenvalue weighted by Gasteiger charge is 2.36. The third kappa shape index (κ3) is 7.65. The third-order valence-electron chi connectivity index (χ3n) is 6.66. The first-order chi connectivity index (χ1) is 16.9. The molecule has 2 aliphatic heterocycles. The fourth-order valence-corrected chi connectivity index (χ4v) is 4.73. The van der Waals surface area contributed by atoms with Crippen LogP contribution in [0.4, 0.5) is 4.39 Å². The maximum Gasteiger partial charge on any atom is 0.219 e. The number of aliphatic hydroxyl groups is 1. The molecule has 0 aromatic heterocycles. The first-order valence-corrected chi connectivity index (χ1v) is 12.4. The monoisotopic (exact) mass is 485 g/mol. The van der Waals surface area contributed by atoms with Crippen molar-refractivity contribution in [3.63, 3.8) is 0 Å². The summed E-state index contributed by atoms with van der Waals surface area (Å²) in [6.45, 7) is 7.85. The molecule has 1 amide bonds. The summed E-state index contributed by atoms with van der Waals surface area (Å²) in [5.41, 5.74) is -0.148. The van der Waals surface area contributed by atoms with Gasteiger partial charge in [-0.3, -0.25) is 14.6 Å². The predicted octanol–water partition coefficient (Wildman–Crippen LogP) is 2.77. The molecule has 0 radical (unpaired) electrons. The van der Waals surface area contributed by atoms with E-state index in [4.69, 9.17) is 9.47 Å². The Morgan fingerprint density at radius 3 is 2.26 bits per heavy atom. The number of benzene rings is 2. The molecule has 35 heavy (non-hydrogen) atoms. The number of amides is 1. The maximum atomic E-state index is 13.2. The van der Waals surface area contributed by atoms with Gasteiger partial charge in [0.15, 0.2) is 0 Å². The molecule has 2 saturated heterocycles. The van der Waals surface area contributed by atoms with Gasteiger partial charge in [-0.1, -0.05) is 12.1 Å². The standard InChI is InChI=1S/C27H36FN3O4/c1-22(32)31-15-14-30(19-27(33,20-31)21-35-26-10-6-24(28)7-11-26)18-23-4-8-25(9-5-23)34-17-16-29-12-2-3-13-29/h4-11,33H,2-3,12-21H2,1H3/t27-/m0/s1. The summed E-state index contributed by atoms with van der Waals surface area (Å²) in [5.74, 6) is 0.908. The number of halogens is 1. The average molecular weight is 486 g/mol. The van der Waals surface area contributed by atoms with Gasteiger partial charge in [0.05, 0.1) is 6.54 Å². The lowest BCUT2D eigenvalue weighted by Crippen LogP contribution is -2.51. The number of ether oxygens (including phenoxy) is 2. The SMILES string of the molecule is CC(=O)N1CCN(Cc2ccc(OCCN3CCCC3)cc2)C[C@@](O)(COc2ccc(F)cc2)C1. The number of hydrogen-bond donors (Lipinski definition) is 1. The van der Waals surface area contributed by atoms with Crippen LogP contribution in [-0.2, 0) is 11.3 Å². The highest BCUT2D eigenvalue weighted by atomic mass is 19.1. The highest BCUT2D eigenvalue weighted by Crippen LogP contribution is 2.21. The van der Waals surface area contributed by atoms with E-state index in [0.717, 1.165) is 17.9 Å². The molecule has 2 aliphatic rings.